The Bertz CT molecular complexity index is 226. The van der Waals surface area contributed by atoms with E-state index in [-0.39, 0.29) is 5.97 Å². The van der Waals surface area contributed by atoms with Crippen molar-refractivity contribution in [3.8, 4) is 0 Å². The van der Waals surface area contributed by atoms with Crippen LogP contribution >= 0.6 is 0 Å². The molecule has 1 aliphatic carbocycles. The highest BCUT2D eigenvalue weighted by molar-refractivity contribution is 5.69. The van der Waals surface area contributed by atoms with Crippen molar-refractivity contribution in [2.24, 2.45) is 5.92 Å². The molecule has 3 heteroatoms. The van der Waals surface area contributed by atoms with Gasteiger partial charge in [-0.15, -0.1) is 0 Å². The maximum Gasteiger partial charge on any atom is 0.306 e. The largest absolute Gasteiger partial charge is 0.469 e. The fraction of sp³-hybridized carbons (Fsp3) is 0.750. The number of carbonyl (C=O) groups excluding carboxylic acids is 1. The molecule has 0 aromatic carbocycles. The van der Waals surface area contributed by atoms with Gasteiger partial charge in [0, 0.05) is 13.1 Å². The molecule has 0 saturated carbocycles. The molecule has 0 fully saturated rings. The lowest BCUT2D eigenvalue weighted by atomic mass is 9.94. The zero-order valence-corrected chi connectivity index (χ0v) is 9.74. The standard InChI is InChI=1S/C12H21NO2/c1-13(9-8-12(14)15-2)10-11-6-4-3-5-7-11/h3-4,11H,5-10H2,1-2H3. The number of ether oxygens (including phenoxy) is 1. The first-order valence-corrected chi connectivity index (χ1v) is 5.62. The highest BCUT2D eigenvalue weighted by Gasteiger charge is 2.13. The second-order valence-corrected chi connectivity index (χ2v) is 4.24. The second kappa shape index (κ2) is 6.62. The zero-order valence-electron chi connectivity index (χ0n) is 9.74. The van der Waals surface area contributed by atoms with E-state index in [2.05, 4.69) is 28.8 Å². The Labute approximate surface area is 92.1 Å². The van der Waals surface area contributed by atoms with Crippen LogP contribution < -0.4 is 0 Å². The molecule has 0 spiro atoms. The monoisotopic (exact) mass is 211 g/mol. The molecule has 0 saturated heterocycles. The molecule has 0 heterocycles. The number of carbonyl (C=O) groups is 1. The molecule has 0 aliphatic heterocycles. The predicted octanol–water partition coefficient (Wildman–Crippen LogP) is 1.84. The zero-order chi connectivity index (χ0) is 11.1. The van der Waals surface area contributed by atoms with Crippen molar-refractivity contribution in [3.63, 3.8) is 0 Å². The average Bonchev–Trinajstić information content (AvgIpc) is 2.27. The molecule has 0 bridgehead atoms. The van der Waals surface area contributed by atoms with Gasteiger partial charge in [-0.2, -0.15) is 0 Å². The molecule has 0 aromatic heterocycles. The van der Waals surface area contributed by atoms with Gasteiger partial charge in [0.15, 0.2) is 0 Å². The predicted molar refractivity (Wildman–Crippen MR) is 60.6 cm³/mol. The third-order valence-corrected chi connectivity index (χ3v) is 2.87. The Kier molecular flexibility index (Phi) is 5.40. The van der Waals surface area contributed by atoms with Gasteiger partial charge in [0.05, 0.1) is 13.5 Å². The SMILES string of the molecule is COC(=O)CCN(C)CC1CC=CCC1. The third kappa shape index (κ3) is 4.98. The normalized spacial score (nSPS) is 20.6. The van der Waals surface area contributed by atoms with E-state index in [1.165, 1.54) is 26.4 Å². The van der Waals surface area contributed by atoms with Gasteiger partial charge in [0.1, 0.15) is 0 Å². The maximum absolute atomic E-state index is 10.9. The van der Waals surface area contributed by atoms with Crippen LogP contribution in [0.1, 0.15) is 25.7 Å². The lowest BCUT2D eigenvalue weighted by Gasteiger charge is -2.24. The van der Waals surface area contributed by atoms with Crippen LogP contribution in [0, 0.1) is 5.92 Å². The van der Waals surface area contributed by atoms with E-state index in [1.807, 2.05) is 0 Å². The van der Waals surface area contributed by atoms with Crippen LogP contribution in [0.4, 0.5) is 0 Å². The van der Waals surface area contributed by atoms with Crippen LogP contribution in [-0.2, 0) is 9.53 Å². The van der Waals surface area contributed by atoms with Crippen molar-refractivity contribution >= 4 is 5.97 Å². The van der Waals surface area contributed by atoms with Crippen LogP contribution in [0.3, 0.4) is 0 Å². The molecule has 86 valence electrons. The first-order valence-electron chi connectivity index (χ1n) is 5.62. The van der Waals surface area contributed by atoms with E-state index in [9.17, 15) is 4.79 Å². The van der Waals surface area contributed by atoms with Crippen molar-refractivity contribution in [3.05, 3.63) is 12.2 Å². The molecule has 3 nitrogen and oxygen atoms in total. The lowest BCUT2D eigenvalue weighted by molar-refractivity contribution is -0.140. The minimum absolute atomic E-state index is 0.120. The maximum atomic E-state index is 10.9. The van der Waals surface area contributed by atoms with Crippen LogP contribution in [-0.4, -0.2) is 38.1 Å². The minimum Gasteiger partial charge on any atom is -0.469 e. The summed E-state index contributed by atoms with van der Waals surface area (Å²) in [6.07, 6.45) is 8.68. The Hall–Kier alpha value is -0.830. The van der Waals surface area contributed by atoms with Crippen molar-refractivity contribution in [2.45, 2.75) is 25.7 Å². The Morgan fingerprint density at radius 1 is 1.53 bits per heavy atom. The fourth-order valence-electron chi connectivity index (χ4n) is 1.94. The molecule has 0 radical (unpaired) electrons. The van der Waals surface area contributed by atoms with E-state index in [0.29, 0.717) is 6.42 Å². The van der Waals surface area contributed by atoms with E-state index in [0.717, 1.165) is 19.0 Å². The van der Waals surface area contributed by atoms with Crippen molar-refractivity contribution < 1.29 is 9.53 Å². The molecular weight excluding hydrogens is 190 g/mol. The van der Waals surface area contributed by atoms with Crippen molar-refractivity contribution in [1.29, 1.82) is 0 Å². The minimum atomic E-state index is -0.120. The summed E-state index contributed by atoms with van der Waals surface area (Å²) in [6, 6.07) is 0. The Morgan fingerprint density at radius 3 is 2.93 bits per heavy atom. The summed E-state index contributed by atoms with van der Waals surface area (Å²) < 4.78 is 4.61. The molecular formula is C12H21NO2. The number of hydrogen-bond donors (Lipinski definition) is 0. The van der Waals surface area contributed by atoms with Gasteiger partial charge in [0.25, 0.3) is 0 Å². The number of nitrogens with zero attached hydrogens (tertiary/aromatic N) is 1. The molecule has 1 aliphatic rings. The highest BCUT2D eigenvalue weighted by atomic mass is 16.5. The number of methoxy groups -OCH3 is 1. The first-order chi connectivity index (χ1) is 7.22. The summed E-state index contributed by atoms with van der Waals surface area (Å²) in [6.45, 7) is 1.88. The van der Waals surface area contributed by atoms with E-state index in [4.69, 9.17) is 0 Å². The van der Waals surface area contributed by atoms with Crippen molar-refractivity contribution in [1.82, 2.24) is 4.90 Å². The van der Waals surface area contributed by atoms with Gasteiger partial charge in [0.2, 0.25) is 0 Å². The first kappa shape index (κ1) is 12.2. The van der Waals surface area contributed by atoms with E-state index < -0.39 is 0 Å². The summed E-state index contributed by atoms with van der Waals surface area (Å²) in [7, 11) is 3.51. The van der Waals surface area contributed by atoms with Gasteiger partial charge in [-0.3, -0.25) is 4.79 Å². The summed E-state index contributed by atoms with van der Waals surface area (Å²) >= 11 is 0. The summed E-state index contributed by atoms with van der Waals surface area (Å²) in [5, 5.41) is 0. The van der Waals surface area contributed by atoms with Crippen molar-refractivity contribution in [2.75, 3.05) is 27.2 Å². The van der Waals surface area contributed by atoms with Gasteiger partial charge >= 0.3 is 5.97 Å². The summed E-state index contributed by atoms with van der Waals surface area (Å²) in [5.41, 5.74) is 0. The lowest BCUT2D eigenvalue weighted by Crippen LogP contribution is -2.28. The quantitative estimate of drug-likeness (QED) is 0.513. The van der Waals surface area contributed by atoms with Gasteiger partial charge < -0.3 is 9.64 Å². The second-order valence-electron chi connectivity index (χ2n) is 4.24. The molecule has 1 unspecified atom stereocenters. The molecule has 1 rings (SSSR count). The number of allylic oxidation sites excluding steroid dienone is 2. The molecule has 0 amide bonds. The van der Waals surface area contributed by atoms with Crippen LogP contribution in [0.15, 0.2) is 12.2 Å². The number of esters is 1. The highest BCUT2D eigenvalue weighted by Crippen LogP contribution is 2.18. The van der Waals surface area contributed by atoms with E-state index >= 15 is 0 Å². The molecule has 0 N–H and O–H groups in total. The van der Waals surface area contributed by atoms with Crippen LogP contribution in [0.5, 0.6) is 0 Å². The summed E-state index contributed by atoms with van der Waals surface area (Å²) in [4.78, 5) is 13.2. The van der Waals surface area contributed by atoms with Gasteiger partial charge in [-0.1, -0.05) is 12.2 Å². The molecule has 15 heavy (non-hydrogen) atoms. The van der Waals surface area contributed by atoms with Crippen LogP contribution in [0.25, 0.3) is 0 Å². The number of rotatable bonds is 5. The Morgan fingerprint density at radius 2 is 2.33 bits per heavy atom. The molecule has 1 atom stereocenters. The van der Waals surface area contributed by atoms with Crippen LogP contribution in [0.2, 0.25) is 0 Å². The number of hydrogen-bond acceptors (Lipinski definition) is 3. The van der Waals surface area contributed by atoms with E-state index in [1.54, 1.807) is 0 Å². The fourth-order valence-corrected chi connectivity index (χ4v) is 1.94. The Balaban J connectivity index is 2.14. The van der Waals surface area contributed by atoms with Gasteiger partial charge in [-0.05, 0) is 32.2 Å². The van der Waals surface area contributed by atoms with Gasteiger partial charge in [-0.25, -0.2) is 0 Å². The average molecular weight is 211 g/mol. The summed E-state index contributed by atoms with van der Waals surface area (Å²) in [5.74, 6) is 0.642. The topological polar surface area (TPSA) is 29.5 Å². The smallest absolute Gasteiger partial charge is 0.306 e. The third-order valence-electron chi connectivity index (χ3n) is 2.87. The molecule has 0 aromatic rings.